The first-order valence-electron chi connectivity index (χ1n) is 7.59. The maximum atomic E-state index is 13.4. The first-order chi connectivity index (χ1) is 10.0. The summed E-state index contributed by atoms with van der Waals surface area (Å²) in [6, 6.07) is 4.67. The number of hydrogen-bond donors (Lipinski definition) is 1. The highest BCUT2D eigenvalue weighted by molar-refractivity contribution is 5.76. The van der Waals surface area contributed by atoms with Gasteiger partial charge in [-0.05, 0) is 32.6 Å². The van der Waals surface area contributed by atoms with Crippen molar-refractivity contribution >= 4 is 11.0 Å². The first-order valence-corrected chi connectivity index (χ1v) is 7.59. The van der Waals surface area contributed by atoms with Crippen LogP contribution in [-0.4, -0.2) is 35.1 Å². The zero-order valence-electron chi connectivity index (χ0n) is 13.1. The summed E-state index contributed by atoms with van der Waals surface area (Å²) >= 11 is 0. The van der Waals surface area contributed by atoms with Crippen LogP contribution in [0.15, 0.2) is 18.2 Å². The second-order valence-corrected chi connectivity index (χ2v) is 5.81. The zero-order chi connectivity index (χ0) is 15.4. The third-order valence-electron chi connectivity index (χ3n) is 3.71. The SMILES string of the molecule is CCCCC(N)c1nc2cc(F)ccc2n1CCN(C)C. The summed E-state index contributed by atoms with van der Waals surface area (Å²) < 4.78 is 15.5. The van der Waals surface area contributed by atoms with Gasteiger partial charge in [-0.25, -0.2) is 9.37 Å². The molecule has 2 rings (SSSR count). The molecule has 0 aliphatic carbocycles. The van der Waals surface area contributed by atoms with Crippen molar-refractivity contribution in [3.63, 3.8) is 0 Å². The topological polar surface area (TPSA) is 47.1 Å². The van der Waals surface area contributed by atoms with Crippen molar-refractivity contribution in [1.82, 2.24) is 14.5 Å². The van der Waals surface area contributed by atoms with E-state index in [0.29, 0.717) is 5.52 Å². The molecule has 4 nitrogen and oxygen atoms in total. The van der Waals surface area contributed by atoms with E-state index in [0.717, 1.165) is 43.7 Å². The molecule has 0 spiro atoms. The molecule has 1 heterocycles. The van der Waals surface area contributed by atoms with Gasteiger partial charge in [0, 0.05) is 19.2 Å². The van der Waals surface area contributed by atoms with Crippen molar-refractivity contribution in [3.8, 4) is 0 Å². The molecule has 5 heteroatoms. The lowest BCUT2D eigenvalue weighted by Gasteiger charge is -2.16. The van der Waals surface area contributed by atoms with Crippen LogP contribution in [0.3, 0.4) is 0 Å². The molecule has 2 N–H and O–H groups in total. The van der Waals surface area contributed by atoms with E-state index in [1.54, 1.807) is 6.07 Å². The van der Waals surface area contributed by atoms with E-state index in [4.69, 9.17) is 5.73 Å². The van der Waals surface area contributed by atoms with Crippen LogP contribution < -0.4 is 5.73 Å². The van der Waals surface area contributed by atoms with Crippen molar-refractivity contribution in [1.29, 1.82) is 0 Å². The first kappa shape index (κ1) is 15.9. The number of rotatable bonds is 7. The van der Waals surface area contributed by atoms with Gasteiger partial charge in [-0.2, -0.15) is 0 Å². The van der Waals surface area contributed by atoms with E-state index in [2.05, 4.69) is 21.4 Å². The molecule has 2 aromatic rings. The predicted molar refractivity (Wildman–Crippen MR) is 84.7 cm³/mol. The molecule has 0 saturated heterocycles. The van der Waals surface area contributed by atoms with Crippen LogP contribution >= 0.6 is 0 Å². The third-order valence-corrected chi connectivity index (χ3v) is 3.71. The number of aromatic nitrogens is 2. The summed E-state index contributed by atoms with van der Waals surface area (Å²) in [5.74, 6) is 0.610. The Bertz CT molecular complexity index is 591. The van der Waals surface area contributed by atoms with Crippen molar-refractivity contribution in [2.24, 2.45) is 5.73 Å². The van der Waals surface area contributed by atoms with Crippen LogP contribution in [-0.2, 0) is 6.54 Å². The number of hydrogen-bond acceptors (Lipinski definition) is 3. The van der Waals surface area contributed by atoms with Gasteiger partial charge in [0.1, 0.15) is 11.6 Å². The number of unbranched alkanes of at least 4 members (excludes halogenated alkanes) is 1. The normalized spacial score (nSPS) is 13.2. The van der Waals surface area contributed by atoms with Crippen molar-refractivity contribution < 1.29 is 4.39 Å². The van der Waals surface area contributed by atoms with Crippen molar-refractivity contribution in [2.75, 3.05) is 20.6 Å². The van der Waals surface area contributed by atoms with Crippen LogP contribution in [0.5, 0.6) is 0 Å². The Morgan fingerprint density at radius 3 is 2.81 bits per heavy atom. The lowest BCUT2D eigenvalue weighted by molar-refractivity contribution is 0.379. The molecular weight excluding hydrogens is 267 g/mol. The van der Waals surface area contributed by atoms with E-state index in [1.807, 2.05) is 14.1 Å². The molecule has 1 unspecified atom stereocenters. The fourth-order valence-corrected chi connectivity index (χ4v) is 2.49. The monoisotopic (exact) mass is 292 g/mol. The summed E-state index contributed by atoms with van der Waals surface area (Å²) in [5.41, 5.74) is 7.95. The highest BCUT2D eigenvalue weighted by Crippen LogP contribution is 2.23. The van der Waals surface area contributed by atoms with Gasteiger partial charge in [-0.3, -0.25) is 0 Å². The fraction of sp³-hybridized carbons (Fsp3) is 0.562. The molecule has 1 atom stereocenters. The highest BCUT2D eigenvalue weighted by atomic mass is 19.1. The Kier molecular flexibility index (Phi) is 5.31. The molecule has 21 heavy (non-hydrogen) atoms. The van der Waals surface area contributed by atoms with E-state index in [1.165, 1.54) is 12.1 Å². The molecule has 0 saturated carbocycles. The van der Waals surface area contributed by atoms with E-state index in [9.17, 15) is 4.39 Å². The van der Waals surface area contributed by atoms with Gasteiger partial charge < -0.3 is 15.2 Å². The molecule has 0 fully saturated rings. The highest BCUT2D eigenvalue weighted by Gasteiger charge is 2.17. The Hall–Kier alpha value is -1.46. The molecule has 1 aromatic heterocycles. The summed E-state index contributed by atoms with van der Waals surface area (Å²) in [6.07, 6.45) is 3.09. The molecule has 0 radical (unpaired) electrons. The van der Waals surface area contributed by atoms with Gasteiger partial charge in [0.15, 0.2) is 0 Å². The average Bonchev–Trinajstić information content (AvgIpc) is 2.80. The predicted octanol–water partition coefficient (Wildman–Crippen LogP) is 2.93. The number of halogens is 1. The van der Waals surface area contributed by atoms with Crippen LogP contribution in [0, 0.1) is 5.82 Å². The number of imidazole rings is 1. The summed E-state index contributed by atoms with van der Waals surface area (Å²) in [4.78, 5) is 6.71. The standard InChI is InChI=1S/C16H25FN4/c1-4-5-6-13(18)16-19-14-11-12(17)7-8-15(14)21(16)10-9-20(2)3/h7-8,11,13H,4-6,9-10,18H2,1-3H3. The summed E-state index contributed by atoms with van der Waals surface area (Å²) in [6.45, 7) is 3.86. The Balaban J connectivity index is 2.38. The molecule has 1 aromatic carbocycles. The lowest BCUT2D eigenvalue weighted by atomic mass is 10.1. The van der Waals surface area contributed by atoms with E-state index >= 15 is 0 Å². The van der Waals surface area contributed by atoms with Gasteiger partial charge in [0.25, 0.3) is 0 Å². The lowest BCUT2D eigenvalue weighted by Crippen LogP contribution is -2.22. The number of nitrogens with two attached hydrogens (primary N) is 1. The van der Waals surface area contributed by atoms with Gasteiger partial charge in [-0.1, -0.05) is 19.8 Å². The van der Waals surface area contributed by atoms with E-state index in [-0.39, 0.29) is 11.9 Å². The van der Waals surface area contributed by atoms with Gasteiger partial charge in [0.2, 0.25) is 0 Å². The molecule has 0 aliphatic heterocycles. The second kappa shape index (κ2) is 7.00. The molecule has 0 amide bonds. The maximum Gasteiger partial charge on any atom is 0.126 e. The van der Waals surface area contributed by atoms with Crippen molar-refractivity contribution in [3.05, 3.63) is 29.8 Å². The largest absolute Gasteiger partial charge is 0.325 e. The van der Waals surface area contributed by atoms with Crippen LogP contribution in [0.1, 0.15) is 38.1 Å². The molecule has 0 bridgehead atoms. The summed E-state index contributed by atoms with van der Waals surface area (Å²) in [7, 11) is 4.07. The smallest absolute Gasteiger partial charge is 0.126 e. The minimum atomic E-state index is -0.256. The average molecular weight is 292 g/mol. The number of nitrogens with zero attached hydrogens (tertiary/aromatic N) is 3. The quantitative estimate of drug-likeness (QED) is 0.853. The van der Waals surface area contributed by atoms with Gasteiger partial charge in [0.05, 0.1) is 17.1 Å². The Morgan fingerprint density at radius 2 is 2.14 bits per heavy atom. The van der Waals surface area contributed by atoms with Gasteiger partial charge in [-0.15, -0.1) is 0 Å². The number of benzene rings is 1. The van der Waals surface area contributed by atoms with Crippen LogP contribution in [0.4, 0.5) is 4.39 Å². The molecule has 0 aliphatic rings. The molecule has 116 valence electrons. The zero-order valence-corrected chi connectivity index (χ0v) is 13.1. The van der Waals surface area contributed by atoms with E-state index < -0.39 is 0 Å². The minimum absolute atomic E-state index is 0.0948. The number of likely N-dealkylation sites (N-methyl/N-ethyl adjacent to an activating group) is 1. The minimum Gasteiger partial charge on any atom is -0.325 e. The third kappa shape index (κ3) is 3.80. The number of fused-ring (bicyclic) bond motifs is 1. The second-order valence-electron chi connectivity index (χ2n) is 5.81. The Labute approximate surface area is 125 Å². The Morgan fingerprint density at radius 1 is 1.38 bits per heavy atom. The van der Waals surface area contributed by atoms with Crippen molar-refractivity contribution in [2.45, 2.75) is 38.8 Å². The van der Waals surface area contributed by atoms with Gasteiger partial charge >= 0.3 is 0 Å². The summed E-state index contributed by atoms with van der Waals surface area (Å²) in [5, 5.41) is 0. The van der Waals surface area contributed by atoms with Crippen LogP contribution in [0.2, 0.25) is 0 Å². The maximum absolute atomic E-state index is 13.4. The molecular formula is C16H25FN4. The van der Waals surface area contributed by atoms with Crippen LogP contribution in [0.25, 0.3) is 11.0 Å². The fourth-order valence-electron chi connectivity index (χ4n) is 2.49.